The smallest absolute Gasteiger partial charge is 0.272 e. The van der Waals surface area contributed by atoms with E-state index in [0.717, 1.165) is 62.1 Å². The zero-order valence-corrected chi connectivity index (χ0v) is 17.3. The third-order valence-corrected chi connectivity index (χ3v) is 5.74. The molecule has 8 heteroatoms. The second-order valence-corrected chi connectivity index (χ2v) is 7.92. The van der Waals surface area contributed by atoms with Crippen LogP contribution in [0.25, 0.3) is 5.69 Å². The number of carbonyl (C=O) groups excluding carboxylic acids is 1. The third-order valence-electron chi connectivity index (χ3n) is 5.20. The first-order valence-electron chi connectivity index (χ1n) is 9.18. The lowest BCUT2D eigenvalue weighted by Crippen LogP contribution is -2.48. The molecule has 1 aromatic heterocycles. The molecule has 2 aliphatic rings. The lowest BCUT2D eigenvalue weighted by atomic mass is 10.0. The van der Waals surface area contributed by atoms with Crippen molar-refractivity contribution in [1.29, 1.82) is 0 Å². The van der Waals surface area contributed by atoms with Crippen LogP contribution in [-0.2, 0) is 12.8 Å². The fraction of sp³-hybridized carbons (Fsp3) is 0.474. The van der Waals surface area contributed by atoms with Crippen LogP contribution >= 0.6 is 35.6 Å². The summed E-state index contributed by atoms with van der Waals surface area (Å²) in [4.78, 5) is 12.8. The Hall–Kier alpha value is -1.27. The average Bonchev–Trinajstić information content (AvgIpc) is 2.75. The van der Waals surface area contributed by atoms with E-state index in [2.05, 4.69) is 15.7 Å². The maximum Gasteiger partial charge on any atom is 0.272 e. The molecule has 1 aliphatic heterocycles. The second kappa shape index (κ2) is 8.82. The Bertz CT molecular complexity index is 833. The molecule has 4 rings (SSSR count). The van der Waals surface area contributed by atoms with Gasteiger partial charge in [0.1, 0.15) is 0 Å². The number of hydrogen-bond acceptors (Lipinski definition) is 3. The summed E-state index contributed by atoms with van der Waals surface area (Å²) < 4.78 is 1.85. The van der Waals surface area contributed by atoms with Gasteiger partial charge in [-0.05, 0) is 43.9 Å². The monoisotopic (exact) mass is 428 g/mol. The molecule has 0 atom stereocenters. The summed E-state index contributed by atoms with van der Waals surface area (Å²) in [6, 6.07) is 5.38. The van der Waals surface area contributed by atoms with Gasteiger partial charge in [-0.1, -0.05) is 29.6 Å². The van der Waals surface area contributed by atoms with E-state index < -0.39 is 0 Å². The van der Waals surface area contributed by atoms with Crippen LogP contribution in [0.5, 0.6) is 0 Å². The lowest BCUT2D eigenvalue weighted by molar-refractivity contribution is 0.0936. The normalized spacial score (nSPS) is 16.7. The summed E-state index contributed by atoms with van der Waals surface area (Å²) in [5.74, 6) is 0.434. The first kappa shape index (κ1) is 20.5. The molecule has 2 aromatic rings. The van der Waals surface area contributed by atoms with Crippen LogP contribution in [0.1, 0.15) is 41.0 Å². The summed E-state index contributed by atoms with van der Waals surface area (Å²) in [6.45, 7) is 2.62. The summed E-state index contributed by atoms with van der Waals surface area (Å²) in [5, 5.41) is 12.1. The van der Waals surface area contributed by atoms with Crippen molar-refractivity contribution in [3.63, 3.8) is 0 Å². The number of fused-ring (bicyclic) bond motifs is 1. The SMILES string of the molecule is Cl.O=C(NCC1CNC1)c1nn(-c2ccc(Cl)cc2Cl)c2c1CCCCC2. The van der Waals surface area contributed by atoms with E-state index in [1.54, 1.807) is 12.1 Å². The van der Waals surface area contributed by atoms with Crippen LogP contribution < -0.4 is 10.6 Å². The Morgan fingerprint density at radius 2 is 2.00 bits per heavy atom. The number of nitrogens with zero attached hydrogens (tertiary/aromatic N) is 2. The summed E-state index contributed by atoms with van der Waals surface area (Å²) in [5.41, 5.74) is 3.48. The third kappa shape index (κ3) is 4.27. The minimum atomic E-state index is -0.0844. The van der Waals surface area contributed by atoms with Crippen molar-refractivity contribution in [3.8, 4) is 5.69 Å². The maximum atomic E-state index is 12.8. The second-order valence-electron chi connectivity index (χ2n) is 7.08. The van der Waals surface area contributed by atoms with Gasteiger partial charge in [0.25, 0.3) is 5.91 Å². The molecule has 1 fully saturated rings. The van der Waals surface area contributed by atoms with Crippen molar-refractivity contribution in [2.24, 2.45) is 5.92 Å². The van der Waals surface area contributed by atoms with Gasteiger partial charge < -0.3 is 10.6 Å². The number of aromatic nitrogens is 2. The Morgan fingerprint density at radius 3 is 2.70 bits per heavy atom. The van der Waals surface area contributed by atoms with Crippen LogP contribution in [0.3, 0.4) is 0 Å². The van der Waals surface area contributed by atoms with Crippen LogP contribution in [0, 0.1) is 5.92 Å². The number of hydrogen-bond donors (Lipinski definition) is 2. The average molecular weight is 430 g/mol. The van der Waals surface area contributed by atoms with E-state index in [0.29, 0.717) is 28.2 Å². The number of rotatable bonds is 4. The van der Waals surface area contributed by atoms with E-state index >= 15 is 0 Å². The van der Waals surface area contributed by atoms with Gasteiger partial charge in [0.05, 0.1) is 10.7 Å². The number of halogens is 3. The Balaban J connectivity index is 0.00000210. The zero-order chi connectivity index (χ0) is 18.1. The van der Waals surface area contributed by atoms with Crippen LogP contribution in [0.4, 0.5) is 0 Å². The Kier molecular flexibility index (Phi) is 6.69. The predicted octanol–water partition coefficient (Wildman–Crippen LogP) is 3.82. The molecule has 0 radical (unpaired) electrons. The molecule has 2 N–H and O–H groups in total. The highest BCUT2D eigenvalue weighted by Crippen LogP contribution is 2.30. The molecule has 1 aromatic carbocycles. The highest BCUT2D eigenvalue weighted by Gasteiger charge is 2.26. The molecule has 2 heterocycles. The molecule has 1 saturated heterocycles. The molecule has 0 unspecified atom stereocenters. The van der Waals surface area contributed by atoms with Gasteiger partial charge in [0.2, 0.25) is 0 Å². The molecule has 0 spiro atoms. The molecule has 0 bridgehead atoms. The topological polar surface area (TPSA) is 59.0 Å². The van der Waals surface area contributed by atoms with E-state index in [9.17, 15) is 4.79 Å². The molecule has 5 nitrogen and oxygen atoms in total. The Morgan fingerprint density at radius 1 is 1.22 bits per heavy atom. The summed E-state index contributed by atoms with van der Waals surface area (Å²) in [6.07, 6.45) is 5.13. The van der Waals surface area contributed by atoms with Gasteiger partial charge in [0, 0.05) is 41.8 Å². The van der Waals surface area contributed by atoms with Crippen molar-refractivity contribution < 1.29 is 4.79 Å². The summed E-state index contributed by atoms with van der Waals surface area (Å²) in [7, 11) is 0. The quantitative estimate of drug-likeness (QED) is 0.726. The molecule has 146 valence electrons. The molecule has 1 aliphatic carbocycles. The van der Waals surface area contributed by atoms with Crippen molar-refractivity contribution in [2.75, 3.05) is 19.6 Å². The predicted molar refractivity (Wildman–Crippen MR) is 111 cm³/mol. The van der Waals surface area contributed by atoms with Gasteiger partial charge in [-0.2, -0.15) is 5.10 Å². The molecule has 0 saturated carbocycles. The Labute approximate surface area is 175 Å². The first-order valence-corrected chi connectivity index (χ1v) is 9.94. The number of carbonyl (C=O) groups is 1. The van der Waals surface area contributed by atoms with Crippen molar-refractivity contribution in [1.82, 2.24) is 20.4 Å². The fourth-order valence-electron chi connectivity index (χ4n) is 3.62. The first-order chi connectivity index (χ1) is 12.6. The molecule has 1 amide bonds. The molecular formula is C19H23Cl3N4O. The zero-order valence-electron chi connectivity index (χ0n) is 14.9. The van der Waals surface area contributed by atoms with E-state index in [1.807, 2.05) is 10.7 Å². The van der Waals surface area contributed by atoms with E-state index in [1.165, 1.54) is 0 Å². The van der Waals surface area contributed by atoms with E-state index in [4.69, 9.17) is 23.2 Å². The fourth-order valence-corrected chi connectivity index (χ4v) is 4.11. The maximum absolute atomic E-state index is 12.8. The largest absolute Gasteiger partial charge is 0.350 e. The van der Waals surface area contributed by atoms with Crippen LogP contribution in [0.15, 0.2) is 18.2 Å². The number of amides is 1. The van der Waals surface area contributed by atoms with E-state index in [-0.39, 0.29) is 18.3 Å². The minimum Gasteiger partial charge on any atom is -0.350 e. The van der Waals surface area contributed by atoms with Crippen molar-refractivity contribution in [2.45, 2.75) is 32.1 Å². The van der Waals surface area contributed by atoms with Gasteiger partial charge in [-0.3, -0.25) is 4.79 Å². The van der Waals surface area contributed by atoms with Crippen LogP contribution in [0.2, 0.25) is 10.0 Å². The minimum absolute atomic E-state index is 0. The van der Waals surface area contributed by atoms with Gasteiger partial charge >= 0.3 is 0 Å². The van der Waals surface area contributed by atoms with Crippen LogP contribution in [-0.4, -0.2) is 35.3 Å². The molecular weight excluding hydrogens is 407 g/mol. The number of benzene rings is 1. The number of nitrogens with one attached hydrogen (secondary N) is 2. The van der Waals surface area contributed by atoms with Crippen molar-refractivity contribution >= 4 is 41.5 Å². The highest BCUT2D eigenvalue weighted by atomic mass is 35.5. The van der Waals surface area contributed by atoms with Gasteiger partial charge in [0.15, 0.2) is 5.69 Å². The lowest BCUT2D eigenvalue weighted by Gasteiger charge is -2.26. The summed E-state index contributed by atoms with van der Waals surface area (Å²) >= 11 is 12.4. The highest BCUT2D eigenvalue weighted by molar-refractivity contribution is 6.35. The van der Waals surface area contributed by atoms with Gasteiger partial charge in [-0.25, -0.2) is 4.68 Å². The van der Waals surface area contributed by atoms with Crippen molar-refractivity contribution in [3.05, 3.63) is 45.2 Å². The van der Waals surface area contributed by atoms with Gasteiger partial charge in [-0.15, -0.1) is 12.4 Å². The standard InChI is InChI=1S/C19H22Cl2N4O.ClH/c20-13-6-7-17(15(21)8-13)25-16-5-3-1-2-4-14(16)18(24-25)19(26)23-11-12-9-22-10-12;/h6-8,12,22H,1-5,9-11H2,(H,23,26);1H. The molecule has 27 heavy (non-hydrogen) atoms.